The van der Waals surface area contributed by atoms with Crippen LogP contribution in [-0.4, -0.2) is 18.9 Å². The number of fused-ring (bicyclic) bond motifs is 1. The lowest BCUT2D eigenvalue weighted by molar-refractivity contribution is -0.120. The molecule has 2 amide bonds. The molecule has 0 fully saturated rings. The summed E-state index contributed by atoms with van der Waals surface area (Å²) in [5.41, 5.74) is 3.07. The summed E-state index contributed by atoms with van der Waals surface area (Å²) < 4.78 is 15.8. The summed E-state index contributed by atoms with van der Waals surface area (Å²) in [6, 6.07) is 16.0. The molecular weight excluding hydrogens is 384 g/mol. The van der Waals surface area contributed by atoms with E-state index in [0.717, 1.165) is 16.5 Å². The Hall–Kier alpha value is -4.00. The van der Waals surface area contributed by atoms with Gasteiger partial charge in [0, 0.05) is 29.2 Å². The molecule has 30 heavy (non-hydrogen) atoms. The van der Waals surface area contributed by atoms with Gasteiger partial charge in [0.05, 0.1) is 26.1 Å². The van der Waals surface area contributed by atoms with E-state index in [9.17, 15) is 9.59 Å². The summed E-state index contributed by atoms with van der Waals surface area (Å²) >= 11 is 0. The molecule has 2 aromatic carbocycles. The normalized spacial score (nSPS) is 10.7. The molecule has 0 aliphatic carbocycles. The maximum atomic E-state index is 12.3. The summed E-state index contributed by atoms with van der Waals surface area (Å²) in [5.74, 6) is 0.530. The Balaban J connectivity index is 1.31. The van der Waals surface area contributed by atoms with Crippen molar-refractivity contribution < 1.29 is 23.2 Å². The summed E-state index contributed by atoms with van der Waals surface area (Å²) in [5, 5.41) is 6.54. The highest BCUT2D eigenvalue weighted by Gasteiger charge is 2.12. The van der Waals surface area contributed by atoms with E-state index in [4.69, 9.17) is 13.6 Å². The number of hydrogen-bond acceptors (Lipinski definition) is 5. The minimum atomic E-state index is -0.314. The number of carbonyl (C=O) groups is 2. The van der Waals surface area contributed by atoms with Gasteiger partial charge in [0.15, 0.2) is 5.76 Å². The molecule has 0 saturated carbocycles. The number of rotatable bonds is 7. The summed E-state index contributed by atoms with van der Waals surface area (Å²) in [7, 11) is 1.60. The Labute approximate surface area is 172 Å². The average Bonchev–Trinajstić information content (AvgIpc) is 3.43. The van der Waals surface area contributed by atoms with E-state index in [0.29, 0.717) is 23.6 Å². The molecule has 7 heteroatoms. The maximum Gasteiger partial charge on any atom is 0.291 e. The first-order chi connectivity index (χ1) is 14.6. The molecule has 0 bridgehead atoms. The highest BCUT2D eigenvalue weighted by atomic mass is 16.5. The van der Waals surface area contributed by atoms with E-state index < -0.39 is 0 Å². The first-order valence-corrected chi connectivity index (χ1v) is 9.37. The third-order valence-corrected chi connectivity index (χ3v) is 4.66. The van der Waals surface area contributed by atoms with E-state index in [1.807, 2.05) is 24.3 Å². The Bertz CT molecular complexity index is 1160. The van der Waals surface area contributed by atoms with Crippen molar-refractivity contribution in [3.05, 3.63) is 84.0 Å². The van der Waals surface area contributed by atoms with Gasteiger partial charge in [0.25, 0.3) is 5.91 Å². The van der Waals surface area contributed by atoms with Gasteiger partial charge in [0.1, 0.15) is 11.3 Å². The summed E-state index contributed by atoms with van der Waals surface area (Å²) in [6.45, 7) is 0.384. The van der Waals surface area contributed by atoms with Crippen LogP contribution in [0.2, 0.25) is 0 Å². The van der Waals surface area contributed by atoms with Crippen molar-refractivity contribution in [2.75, 3.05) is 12.4 Å². The van der Waals surface area contributed by atoms with Crippen molar-refractivity contribution in [1.29, 1.82) is 0 Å². The lowest BCUT2D eigenvalue weighted by Gasteiger charge is -2.07. The predicted molar refractivity (Wildman–Crippen MR) is 111 cm³/mol. The topological polar surface area (TPSA) is 93.7 Å². The minimum Gasteiger partial charge on any atom is -0.497 e. The SMILES string of the molecule is COc1ccc2c(CC(=O)NCc3ccc(NC(=O)c4ccco4)cc3)coc2c1. The molecule has 0 radical (unpaired) electrons. The molecular formula is C23H20N2O5. The van der Waals surface area contributed by atoms with Crippen LogP contribution in [0.15, 0.2) is 76.0 Å². The zero-order valence-electron chi connectivity index (χ0n) is 16.3. The van der Waals surface area contributed by atoms with Crippen molar-refractivity contribution >= 4 is 28.5 Å². The molecule has 4 aromatic rings. The van der Waals surface area contributed by atoms with Gasteiger partial charge >= 0.3 is 0 Å². The molecule has 0 atom stereocenters. The largest absolute Gasteiger partial charge is 0.497 e. The first kappa shape index (κ1) is 19.3. The van der Waals surface area contributed by atoms with E-state index in [2.05, 4.69) is 10.6 Å². The van der Waals surface area contributed by atoms with E-state index in [-0.39, 0.29) is 24.0 Å². The second kappa shape index (κ2) is 8.57. The molecule has 0 aliphatic rings. The van der Waals surface area contributed by atoms with Gasteiger partial charge in [0.2, 0.25) is 5.91 Å². The number of nitrogens with one attached hydrogen (secondary N) is 2. The highest BCUT2D eigenvalue weighted by molar-refractivity contribution is 6.02. The van der Waals surface area contributed by atoms with Gasteiger partial charge in [-0.15, -0.1) is 0 Å². The number of ether oxygens (including phenoxy) is 1. The van der Waals surface area contributed by atoms with Crippen molar-refractivity contribution in [3.8, 4) is 5.75 Å². The predicted octanol–water partition coefficient (Wildman–Crippen LogP) is 4.15. The number of furan rings is 2. The molecule has 0 unspecified atom stereocenters. The Morgan fingerprint density at radius 2 is 1.87 bits per heavy atom. The first-order valence-electron chi connectivity index (χ1n) is 9.37. The van der Waals surface area contributed by atoms with Gasteiger partial charge in [-0.05, 0) is 42.0 Å². The van der Waals surface area contributed by atoms with Gasteiger partial charge in [-0.1, -0.05) is 12.1 Å². The molecule has 7 nitrogen and oxygen atoms in total. The van der Waals surface area contributed by atoms with Crippen LogP contribution >= 0.6 is 0 Å². The lowest BCUT2D eigenvalue weighted by atomic mass is 10.1. The number of carbonyl (C=O) groups excluding carboxylic acids is 2. The van der Waals surface area contributed by atoms with Gasteiger partial charge in [-0.2, -0.15) is 0 Å². The van der Waals surface area contributed by atoms with Crippen LogP contribution in [0.4, 0.5) is 5.69 Å². The van der Waals surface area contributed by atoms with Crippen LogP contribution in [0.5, 0.6) is 5.75 Å². The van der Waals surface area contributed by atoms with Gasteiger partial charge in [-0.25, -0.2) is 0 Å². The van der Waals surface area contributed by atoms with Gasteiger partial charge < -0.3 is 24.2 Å². The quantitative estimate of drug-likeness (QED) is 0.483. The monoisotopic (exact) mass is 404 g/mol. The molecule has 4 rings (SSSR count). The number of amides is 2. The van der Waals surface area contributed by atoms with Crippen LogP contribution in [-0.2, 0) is 17.8 Å². The molecule has 0 saturated heterocycles. The number of methoxy groups -OCH3 is 1. The Morgan fingerprint density at radius 1 is 1.03 bits per heavy atom. The molecule has 2 aromatic heterocycles. The zero-order valence-corrected chi connectivity index (χ0v) is 16.3. The maximum absolute atomic E-state index is 12.3. The average molecular weight is 404 g/mol. The van der Waals surface area contributed by atoms with Crippen LogP contribution in [0.25, 0.3) is 11.0 Å². The summed E-state index contributed by atoms with van der Waals surface area (Å²) in [4.78, 5) is 24.3. The molecule has 152 valence electrons. The standard InChI is InChI=1S/C23H20N2O5/c1-28-18-8-9-19-16(14-30-21(19)12-18)11-22(26)24-13-15-4-6-17(7-5-15)25-23(27)20-3-2-10-29-20/h2-10,12,14H,11,13H2,1H3,(H,24,26)(H,25,27). The molecule has 2 N–H and O–H groups in total. The Morgan fingerprint density at radius 3 is 2.60 bits per heavy atom. The zero-order chi connectivity index (χ0) is 20.9. The van der Waals surface area contributed by atoms with Crippen molar-refractivity contribution in [3.63, 3.8) is 0 Å². The fraction of sp³-hybridized carbons (Fsp3) is 0.130. The smallest absolute Gasteiger partial charge is 0.291 e. The van der Waals surface area contributed by atoms with Crippen LogP contribution in [0.3, 0.4) is 0 Å². The van der Waals surface area contributed by atoms with Crippen molar-refractivity contribution in [2.24, 2.45) is 0 Å². The van der Waals surface area contributed by atoms with E-state index in [1.165, 1.54) is 6.26 Å². The van der Waals surface area contributed by atoms with Crippen LogP contribution in [0, 0.1) is 0 Å². The third kappa shape index (κ3) is 4.35. The lowest BCUT2D eigenvalue weighted by Crippen LogP contribution is -2.24. The van der Waals surface area contributed by atoms with E-state index >= 15 is 0 Å². The van der Waals surface area contributed by atoms with Crippen molar-refractivity contribution in [1.82, 2.24) is 5.32 Å². The van der Waals surface area contributed by atoms with Crippen LogP contribution < -0.4 is 15.4 Å². The van der Waals surface area contributed by atoms with Crippen molar-refractivity contribution in [2.45, 2.75) is 13.0 Å². The fourth-order valence-electron chi connectivity index (χ4n) is 3.07. The van der Waals surface area contributed by atoms with Gasteiger partial charge in [-0.3, -0.25) is 9.59 Å². The molecule has 0 spiro atoms. The third-order valence-electron chi connectivity index (χ3n) is 4.66. The highest BCUT2D eigenvalue weighted by Crippen LogP contribution is 2.25. The molecule has 2 heterocycles. The minimum absolute atomic E-state index is 0.108. The fourth-order valence-corrected chi connectivity index (χ4v) is 3.07. The van der Waals surface area contributed by atoms with E-state index in [1.54, 1.807) is 43.7 Å². The molecule has 0 aliphatic heterocycles. The second-order valence-electron chi connectivity index (χ2n) is 6.70. The second-order valence-corrected chi connectivity index (χ2v) is 6.70. The number of benzene rings is 2. The number of anilines is 1. The Kier molecular flexibility index (Phi) is 5.52. The summed E-state index contributed by atoms with van der Waals surface area (Å²) in [6.07, 6.45) is 3.26. The van der Waals surface area contributed by atoms with Crippen LogP contribution in [0.1, 0.15) is 21.7 Å². The number of hydrogen-bond donors (Lipinski definition) is 2.